The maximum absolute atomic E-state index is 13.5. The Hall–Kier alpha value is -3.92. The van der Waals surface area contributed by atoms with Gasteiger partial charge in [0.2, 0.25) is 5.89 Å². The second-order valence-corrected chi connectivity index (χ2v) is 9.42. The Morgan fingerprint density at radius 3 is 2.62 bits per heavy atom. The fraction of sp³-hybridized carbons (Fsp3) is 0.414. The number of amides is 1. The number of hydrogen-bond donors (Lipinski definition) is 0. The molecular weight excluding hydrogens is 505 g/mol. The first kappa shape index (κ1) is 28.1. The number of piperidine rings is 1. The van der Waals surface area contributed by atoms with Crippen LogP contribution in [0.5, 0.6) is 11.5 Å². The van der Waals surface area contributed by atoms with Gasteiger partial charge in [0, 0.05) is 31.7 Å². The third-order valence-electron chi connectivity index (χ3n) is 6.66. The molecule has 10 heteroatoms. The molecule has 4 rings (SSSR count). The molecule has 1 saturated heterocycles. The van der Waals surface area contributed by atoms with Gasteiger partial charge in [0.25, 0.3) is 5.91 Å². The number of rotatable bonds is 11. The number of methoxy groups -OCH3 is 2. The van der Waals surface area contributed by atoms with Gasteiger partial charge in [0.05, 0.1) is 33.3 Å². The summed E-state index contributed by atoms with van der Waals surface area (Å²) in [5, 5.41) is 0. The molecule has 3 aromatic rings. The lowest BCUT2D eigenvalue weighted by Crippen LogP contribution is -2.43. The first-order valence-electron chi connectivity index (χ1n) is 13.0. The Morgan fingerprint density at radius 1 is 1.10 bits per heavy atom. The molecule has 2 heterocycles. The van der Waals surface area contributed by atoms with Gasteiger partial charge in [0.1, 0.15) is 23.6 Å². The van der Waals surface area contributed by atoms with Gasteiger partial charge in [-0.1, -0.05) is 12.1 Å². The molecule has 0 radical (unpaired) electrons. The van der Waals surface area contributed by atoms with E-state index in [2.05, 4.69) is 9.88 Å². The second kappa shape index (κ2) is 13.2. The van der Waals surface area contributed by atoms with E-state index < -0.39 is 0 Å². The maximum Gasteiger partial charge on any atom is 0.310 e. The Bertz CT molecular complexity index is 1260. The molecule has 1 atom stereocenters. The molecule has 0 N–H and O–H groups in total. The van der Waals surface area contributed by atoms with Gasteiger partial charge in [-0.3, -0.25) is 14.5 Å². The monoisotopic (exact) mass is 539 g/mol. The molecule has 0 saturated carbocycles. The molecule has 208 valence electrons. The number of hydrogen-bond acceptors (Lipinski definition) is 8. The van der Waals surface area contributed by atoms with Crippen LogP contribution in [0, 0.1) is 11.7 Å². The molecule has 0 unspecified atom stereocenters. The highest BCUT2D eigenvalue weighted by atomic mass is 19.1. The first-order chi connectivity index (χ1) is 18.9. The molecule has 2 aromatic carbocycles. The zero-order valence-electron chi connectivity index (χ0n) is 22.5. The third-order valence-corrected chi connectivity index (χ3v) is 6.66. The van der Waals surface area contributed by atoms with Gasteiger partial charge in [0.15, 0.2) is 5.69 Å². The van der Waals surface area contributed by atoms with Gasteiger partial charge >= 0.3 is 5.97 Å². The molecule has 0 bridgehead atoms. The minimum absolute atomic E-state index is 0.190. The Balaban J connectivity index is 1.51. The fourth-order valence-electron chi connectivity index (χ4n) is 4.71. The summed E-state index contributed by atoms with van der Waals surface area (Å²) in [7, 11) is 3.21. The van der Waals surface area contributed by atoms with Crippen molar-refractivity contribution in [2.24, 2.45) is 5.92 Å². The normalized spacial score (nSPS) is 15.3. The largest absolute Gasteiger partial charge is 0.497 e. The van der Waals surface area contributed by atoms with E-state index in [1.807, 2.05) is 18.2 Å². The van der Waals surface area contributed by atoms with Crippen molar-refractivity contribution in [2.75, 3.05) is 33.9 Å². The zero-order chi connectivity index (χ0) is 27.8. The number of esters is 1. The lowest BCUT2D eigenvalue weighted by Gasteiger charge is -2.30. The van der Waals surface area contributed by atoms with Crippen molar-refractivity contribution in [1.82, 2.24) is 14.8 Å². The van der Waals surface area contributed by atoms with Gasteiger partial charge in [-0.2, -0.15) is 0 Å². The summed E-state index contributed by atoms with van der Waals surface area (Å²) >= 11 is 0. The van der Waals surface area contributed by atoms with Crippen LogP contribution in [0.25, 0.3) is 0 Å². The van der Waals surface area contributed by atoms with Crippen molar-refractivity contribution in [1.29, 1.82) is 0 Å². The SMILES string of the molecule is CCOC(=O)[C@@H]1CCCN(C(=O)c2coc(CN(Cc3ccc(F)cc3)Cc3cc(OC)ccc3OC)n2)C1. The number of likely N-dealkylation sites (tertiary alicyclic amines) is 1. The van der Waals surface area contributed by atoms with Gasteiger partial charge in [-0.15, -0.1) is 0 Å². The van der Waals surface area contributed by atoms with Crippen LogP contribution in [0.15, 0.2) is 53.1 Å². The molecule has 1 aliphatic heterocycles. The lowest BCUT2D eigenvalue weighted by atomic mass is 9.98. The van der Waals surface area contributed by atoms with E-state index in [0.717, 1.165) is 11.1 Å². The van der Waals surface area contributed by atoms with E-state index in [1.165, 1.54) is 18.4 Å². The highest BCUT2D eigenvalue weighted by Crippen LogP contribution is 2.27. The van der Waals surface area contributed by atoms with E-state index in [0.29, 0.717) is 63.0 Å². The van der Waals surface area contributed by atoms with E-state index in [-0.39, 0.29) is 35.9 Å². The van der Waals surface area contributed by atoms with Crippen LogP contribution in [-0.4, -0.2) is 60.6 Å². The number of aromatic nitrogens is 1. The van der Waals surface area contributed by atoms with Gasteiger partial charge in [-0.25, -0.2) is 9.37 Å². The summed E-state index contributed by atoms with van der Waals surface area (Å²) in [6, 6.07) is 11.9. The average molecular weight is 540 g/mol. The molecule has 9 nitrogen and oxygen atoms in total. The average Bonchev–Trinajstić information content (AvgIpc) is 3.42. The third kappa shape index (κ3) is 7.35. The predicted octanol–water partition coefficient (Wildman–Crippen LogP) is 4.45. The molecule has 1 amide bonds. The second-order valence-electron chi connectivity index (χ2n) is 9.42. The molecule has 1 aromatic heterocycles. The topological polar surface area (TPSA) is 94.3 Å². The number of carbonyl (C=O) groups is 2. The zero-order valence-corrected chi connectivity index (χ0v) is 22.5. The summed E-state index contributed by atoms with van der Waals surface area (Å²) in [6.07, 6.45) is 2.76. The standard InChI is InChI=1S/C29H34FN3O6/c1-4-38-29(35)21-6-5-13-33(17-21)28(34)25-19-39-27(31-25)18-32(15-20-7-9-23(30)10-8-20)16-22-14-24(36-2)11-12-26(22)37-3/h7-12,14,19,21H,4-6,13,15-18H2,1-3H3/t21-/m1/s1. The Labute approximate surface area is 227 Å². The number of nitrogens with zero attached hydrogens (tertiary/aromatic N) is 3. The van der Waals surface area contributed by atoms with E-state index in [9.17, 15) is 14.0 Å². The van der Waals surface area contributed by atoms with Crippen LogP contribution in [0.4, 0.5) is 4.39 Å². The molecule has 39 heavy (non-hydrogen) atoms. The van der Waals surface area contributed by atoms with Crippen molar-refractivity contribution in [3.8, 4) is 11.5 Å². The minimum atomic E-state index is -0.335. The summed E-state index contributed by atoms with van der Waals surface area (Å²) in [6.45, 7) is 4.14. The molecule has 0 aliphatic carbocycles. The summed E-state index contributed by atoms with van der Waals surface area (Å²) in [5.41, 5.74) is 1.98. The van der Waals surface area contributed by atoms with Crippen LogP contribution in [-0.2, 0) is 29.2 Å². The minimum Gasteiger partial charge on any atom is -0.497 e. The van der Waals surface area contributed by atoms with Crippen LogP contribution >= 0.6 is 0 Å². The molecular formula is C29H34FN3O6. The number of carbonyl (C=O) groups excluding carboxylic acids is 2. The van der Waals surface area contributed by atoms with Crippen molar-refractivity contribution in [3.05, 3.63) is 77.3 Å². The lowest BCUT2D eigenvalue weighted by molar-refractivity contribution is -0.149. The fourth-order valence-corrected chi connectivity index (χ4v) is 4.71. The van der Waals surface area contributed by atoms with Crippen LogP contribution < -0.4 is 9.47 Å². The quantitative estimate of drug-likeness (QED) is 0.330. The molecule has 1 fully saturated rings. The highest BCUT2D eigenvalue weighted by molar-refractivity contribution is 5.92. The van der Waals surface area contributed by atoms with Gasteiger partial charge < -0.3 is 23.5 Å². The summed E-state index contributed by atoms with van der Waals surface area (Å²) in [5.74, 6) is 0.556. The highest BCUT2D eigenvalue weighted by Gasteiger charge is 2.31. The van der Waals surface area contributed by atoms with Crippen molar-refractivity contribution >= 4 is 11.9 Å². The van der Waals surface area contributed by atoms with Crippen LogP contribution in [0.2, 0.25) is 0 Å². The van der Waals surface area contributed by atoms with Crippen molar-refractivity contribution < 1.29 is 32.6 Å². The number of benzene rings is 2. The van der Waals surface area contributed by atoms with E-state index >= 15 is 0 Å². The van der Waals surface area contributed by atoms with Crippen LogP contribution in [0.1, 0.15) is 47.3 Å². The smallest absolute Gasteiger partial charge is 0.310 e. The summed E-state index contributed by atoms with van der Waals surface area (Å²) in [4.78, 5) is 33.5. The molecule has 1 aliphatic rings. The van der Waals surface area contributed by atoms with E-state index in [4.69, 9.17) is 18.6 Å². The van der Waals surface area contributed by atoms with Crippen LogP contribution in [0.3, 0.4) is 0 Å². The number of oxazole rings is 1. The summed E-state index contributed by atoms with van der Waals surface area (Å²) < 4.78 is 35.3. The van der Waals surface area contributed by atoms with Gasteiger partial charge in [-0.05, 0) is 55.7 Å². The number of ether oxygens (including phenoxy) is 3. The van der Waals surface area contributed by atoms with Crippen molar-refractivity contribution in [2.45, 2.75) is 39.4 Å². The first-order valence-corrected chi connectivity index (χ1v) is 13.0. The predicted molar refractivity (Wildman–Crippen MR) is 141 cm³/mol. The Kier molecular flexibility index (Phi) is 9.54. The van der Waals surface area contributed by atoms with E-state index in [1.54, 1.807) is 38.2 Å². The number of halogens is 1. The van der Waals surface area contributed by atoms with Crippen molar-refractivity contribution in [3.63, 3.8) is 0 Å². The maximum atomic E-state index is 13.5. The Morgan fingerprint density at radius 2 is 1.90 bits per heavy atom. The molecule has 0 spiro atoms.